The van der Waals surface area contributed by atoms with Gasteiger partial charge in [-0.05, 0) is 67.9 Å². The fourth-order valence-electron chi connectivity index (χ4n) is 3.74. The third kappa shape index (κ3) is 7.12. The van der Waals surface area contributed by atoms with Crippen molar-refractivity contribution in [2.24, 2.45) is 5.92 Å². The van der Waals surface area contributed by atoms with Crippen LogP contribution in [0, 0.1) is 11.7 Å². The molecule has 4 rings (SSSR count). The van der Waals surface area contributed by atoms with E-state index in [1.54, 1.807) is 23.9 Å². The topological polar surface area (TPSA) is 71.3 Å². The molecular formula is C24H26BrFN4O2S. The van der Waals surface area contributed by atoms with Gasteiger partial charge in [0.05, 0.1) is 6.54 Å². The van der Waals surface area contributed by atoms with Crippen LogP contribution in [0.2, 0.25) is 0 Å². The van der Waals surface area contributed by atoms with Crippen molar-refractivity contribution in [3.63, 3.8) is 0 Å². The Morgan fingerprint density at radius 1 is 1.15 bits per heavy atom. The zero-order valence-electron chi connectivity index (χ0n) is 18.2. The van der Waals surface area contributed by atoms with E-state index in [2.05, 4.69) is 36.3 Å². The molecule has 0 radical (unpaired) electrons. The highest BCUT2D eigenvalue weighted by atomic mass is 79.9. The van der Waals surface area contributed by atoms with Gasteiger partial charge < -0.3 is 9.84 Å². The molecule has 174 valence electrons. The molecule has 1 fully saturated rings. The Kier molecular flexibility index (Phi) is 8.52. The Bertz CT molecular complexity index is 1040. The van der Waals surface area contributed by atoms with Crippen LogP contribution in [0.25, 0.3) is 11.4 Å². The van der Waals surface area contributed by atoms with Gasteiger partial charge in [0.15, 0.2) is 0 Å². The normalized spacial score (nSPS) is 15.0. The van der Waals surface area contributed by atoms with E-state index in [9.17, 15) is 9.18 Å². The second-order valence-corrected chi connectivity index (χ2v) is 10.1. The monoisotopic (exact) mass is 532 g/mol. The van der Waals surface area contributed by atoms with Gasteiger partial charge in [0, 0.05) is 34.0 Å². The molecule has 3 aromatic rings. The van der Waals surface area contributed by atoms with E-state index in [0.717, 1.165) is 53.0 Å². The van der Waals surface area contributed by atoms with Crippen LogP contribution in [0.1, 0.15) is 24.3 Å². The largest absolute Gasteiger partial charge is 0.355 e. The highest BCUT2D eigenvalue weighted by Crippen LogP contribution is 2.22. The van der Waals surface area contributed by atoms with Gasteiger partial charge >= 0.3 is 0 Å². The molecule has 0 atom stereocenters. The lowest BCUT2D eigenvalue weighted by Crippen LogP contribution is -2.40. The summed E-state index contributed by atoms with van der Waals surface area (Å²) in [5, 5.41) is 7.14. The molecule has 0 bridgehead atoms. The van der Waals surface area contributed by atoms with E-state index in [0.29, 0.717) is 24.8 Å². The van der Waals surface area contributed by atoms with Crippen LogP contribution in [0.3, 0.4) is 0 Å². The van der Waals surface area contributed by atoms with E-state index in [-0.39, 0.29) is 17.6 Å². The molecule has 9 heteroatoms. The zero-order valence-corrected chi connectivity index (χ0v) is 20.6. The van der Waals surface area contributed by atoms with Gasteiger partial charge in [0.2, 0.25) is 17.6 Å². The summed E-state index contributed by atoms with van der Waals surface area (Å²) < 4.78 is 19.4. The molecule has 2 heterocycles. The van der Waals surface area contributed by atoms with Crippen molar-refractivity contribution in [1.29, 1.82) is 0 Å². The summed E-state index contributed by atoms with van der Waals surface area (Å²) in [7, 11) is 0. The SMILES string of the molecule is O=C(NCCSCc1ccc(F)cc1)C1CCN(Cc2nc(-c3ccc(Br)cc3)no2)CC1. The molecule has 1 amide bonds. The maximum absolute atomic E-state index is 12.9. The van der Waals surface area contributed by atoms with Crippen molar-refractivity contribution >= 4 is 33.6 Å². The van der Waals surface area contributed by atoms with E-state index in [4.69, 9.17) is 4.52 Å². The van der Waals surface area contributed by atoms with Gasteiger partial charge in [-0.2, -0.15) is 16.7 Å². The fourth-order valence-corrected chi connectivity index (χ4v) is 4.82. The van der Waals surface area contributed by atoms with Gasteiger partial charge in [-0.15, -0.1) is 0 Å². The molecule has 1 saturated heterocycles. The third-order valence-electron chi connectivity index (χ3n) is 5.62. The Morgan fingerprint density at radius 3 is 2.61 bits per heavy atom. The summed E-state index contributed by atoms with van der Waals surface area (Å²) in [5.74, 6) is 2.78. The molecule has 0 aliphatic carbocycles. The average Bonchev–Trinajstić information content (AvgIpc) is 3.29. The number of amides is 1. The molecule has 0 unspecified atom stereocenters. The Labute approximate surface area is 205 Å². The minimum Gasteiger partial charge on any atom is -0.355 e. The lowest BCUT2D eigenvalue weighted by molar-refractivity contribution is -0.126. The zero-order chi connectivity index (χ0) is 23.0. The number of carbonyl (C=O) groups excluding carboxylic acids is 1. The number of aromatic nitrogens is 2. The maximum atomic E-state index is 12.9. The second kappa shape index (κ2) is 11.8. The number of hydrogen-bond donors (Lipinski definition) is 1. The van der Waals surface area contributed by atoms with Gasteiger partial charge in [-0.3, -0.25) is 9.69 Å². The lowest BCUT2D eigenvalue weighted by atomic mass is 9.96. The number of thioether (sulfide) groups is 1. The highest BCUT2D eigenvalue weighted by Gasteiger charge is 2.25. The van der Waals surface area contributed by atoms with E-state index < -0.39 is 0 Å². The minimum atomic E-state index is -0.218. The van der Waals surface area contributed by atoms with E-state index >= 15 is 0 Å². The van der Waals surface area contributed by atoms with Crippen molar-refractivity contribution in [2.75, 3.05) is 25.4 Å². The van der Waals surface area contributed by atoms with Gasteiger partial charge in [0.25, 0.3) is 0 Å². The number of likely N-dealkylation sites (tertiary alicyclic amines) is 1. The molecule has 2 aromatic carbocycles. The quantitative estimate of drug-likeness (QED) is 0.395. The highest BCUT2D eigenvalue weighted by molar-refractivity contribution is 9.10. The molecule has 0 spiro atoms. The summed E-state index contributed by atoms with van der Waals surface area (Å²) in [5.41, 5.74) is 2.00. The molecule has 1 aromatic heterocycles. The summed E-state index contributed by atoms with van der Waals surface area (Å²) in [4.78, 5) is 19.3. The number of nitrogens with one attached hydrogen (secondary N) is 1. The van der Waals surface area contributed by atoms with Crippen LogP contribution >= 0.6 is 27.7 Å². The molecule has 1 N–H and O–H groups in total. The average molecular weight is 533 g/mol. The molecule has 6 nitrogen and oxygen atoms in total. The van der Waals surface area contributed by atoms with Crippen molar-refractivity contribution in [1.82, 2.24) is 20.4 Å². The smallest absolute Gasteiger partial charge is 0.241 e. The van der Waals surface area contributed by atoms with Gasteiger partial charge in [-0.25, -0.2) is 4.39 Å². The van der Waals surface area contributed by atoms with Crippen molar-refractivity contribution < 1.29 is 13.7 Å². The van der Waals surface area contributed by atoms with Crippen molar-refractivity contribution in [3.8, 4) is 11.4 Å². The van der Waals surface area contributed by atoms with E-state index in [1.165, 1.54) is 12.1 Å². The first-order valence-electron chi connectivity index (χ1n) is 11.0. The summed E-state index contributed by atoms with van der Waals surface area (Å²) in [6.45, 7) is 2.89. The Hall–Kier alpha value is -2.23. The number of carbonyl (C=O) groups is 1. The molecule has 1 aliphatic heterocycles. The van der Waals surface area contributed by atoms with Crippen LogP contribution in [0.5, 0.6) is 0 Å². The number of halogens is 2. The molecule has 0 saturated carbocycles. The Morgan fingerprint density at radius 2 is 1.88 bits per heavy atom. The fraction of sp³-hybridized carbons (Fsp3) is 0.375. The number of hydrogen-bond acceptors (Lipinski definition) is 6. The minimum absolute atomic E-state index is 0.0457. The number of benzene rings is 2. The first-order valence-corrected chi connectivity index (χ1v) is 12.9. The first kappa shape index (κ1) is 23.9. The molecular weight excluding hydrogens is 507 g/mol. The van der Waals surface area contributed by atoms with E-state index in [1.807, 2.05) is 24.3 Å². The maximum Gasteiger partial charge on any atom is 0.241 e. The summed E-state index contributed by atoms with van der Waals surface area (Å²) in [6.07, 6.45) is 1.64. The number of piperidine rings is 1. The van der Waals surface area contributed by atoms with Crippen molar-refractivity contribution in [3.05, 3.63) is 70.3 Å². The predicted octanol–water partition coefficient (Wildman–Crippen LogP) is 4.90. The number of rotatable bonds is 9. The molecule has 1 aliphatic rings. The predicted molar refractivity (Wildman–Crippen MR) is 131 cm³/mol. The van der Waals surface area contributed by atoms with Crippen LogP contribution < -0.4 is 5.32 Å². The molecule has 33 heavy (non-hydrogen) atoms. The van der Waals surface area contributed by atoms with Gasteiger partial charge in [-0.1, -0.05) is 33.2 Å². The number of nitrogens with zero attached hydrogens (tertiary/aromatic N) is 3. The lowest BCUT2D eigenvalue weighted by Gasteiger charge is -2.30. The van der Waals surface area contributed by atoms with Crippen molar-refractivity contribution in [2.45, 2.75) is 25.1 Å². The summed E-state index contributed by atoms with van der Waals surface area (Å²) in [6, 6.07) is 14.3. The standard InChI is InChI=1S/C24H26BrFN4O2S/c25-20-5-3-18(4-6-20)23-28-22(32-29-23)15-30-12-9-19(10-13-30)24(31)27-11-14-33-16-17-1-7-21(26)8-2-17/h1-8,19H,9-16H2,(H,27,31). The third-order valence-corrected chi connectivity index (χ3v) is 7.17. The second-order valence-electron chi connectivity index (χ2n) is 8.04. The van der Waals surface area contributed by atoms with Crippen LogP contribution in [-0.2, 0) is 17.1 Å². The van der Waals surface area contributed by atoms with Crippen LogP contribution in [0.15, 0.2) is 57.5 Å². The van der Waals surface area contributed by atoms with Gasteiger partial charge in [0.1, 0.15) is 5.82 Å². The summed E-state index contributed by atoms with van der Waals surface area (Å²) >= 11 is 5.16. The van der Waals surface area contributed by atoms with Crippen LogP contribution in [0.4, 0.5) is 4.39 Å². The first-order chi connectivity index (χ1) is 16.1. The Balaban J connectivity index is 1.13. The van der Waals surface area contributed by atoms with Crippen LogP contribution in [-0.4, -0.2) is 46.3 Å².